The quantitative estimate of drug-likeness (QED) is 0.701. The van der Waals surface area contributed by atoms with Crippen molar-refractivity contribution in [3.8, 4) is 0 Å². The van der Waals surface area contributed by atoms with E-state index in [1.165, 1.54) is 11.1 Å². The fourth-order valence-corrected chi connectivity index (χ4v) is 3.83. The van der Waals surface area contributed by atoms with Crippen molar-refractivity contribution in [2.75, 3.05) is 0 Å². The van der Waals surface area contributed by atoms with Crippen LogP contribution >= 0.6 is 0 Å². The van der Waals surface area contributed by atoms with E-state index < -0.39 is 5.54 Å². The van der Waals surface area contributed by atoms with Crippen molar-refractivity contribution < 1.29 is 0 Å². The van der Waals surface area contributed by atoms with E-state index in [1.54, 1.807) is 6.07 Å². The van der Waals surface area contributed by atoms with Crippen LogP contribution in [0, 0.1) is 5.92 Å². The molecule has 1 heterocycles. The molecule has 1 aromatic heterocycles. The van der Waals surface area contributed by atoms with Gasteiger partial charge in [-0.2, -0.15) is 0 Å². The number of pyridine rings is 1. The maximum absolute atomic E-state index is 11.6. The molecule has 0 saturated heterocycles. The van der Waals surface area contributed by atoms with Gasteiger partial charge in [-0.05, 0) is 37.5 Å². The second kappa shape index (κ2) is 3.94. The zero-order chi connectivity index (χ0) is 13.8. The average Bonchev–Trinajstić information content (AvgIpc) is 2.35. The minimum absolute atomic E-state index is 0.0445. The van der Waals surface area contributed by atoms with E-state index in [-0.39, 0.29) is 11.5 Å². The van der Waals surface area contributed by atoms with E-state index in [0.717, 1.165) is 17.7 Å². The van der Waals surface area contributed by atoms with Crippen molar-refractivity contribution >= 4 is 0 Å². The van der Waals surface area contributed by atoms with E-state index in [4.69, 9.17) is 5.73 Å². The topological polar surface area (TPSA) is 58.9 Å². The van der Waals surface area contributed by atoms with E-state index in [0.29, 0.717) is 5.92 Å². The van der Waals surface area contributed by atoms with Gasteiger partial charge in [-0.15, -0.1) is 0 Å². The Morgan fingerprint density at radius 2 is 2.21 bits per heavy atom. The van der Waals surface area contributed by atoms with Crippen LogP contribution in [0.1, 0.15) is 44.4 Å². The summed E-state index contributed by atoms with van der Waals surface area (Å²) in [5.41, 5.74) is 10.9. The number of hydrogen-bond acceptors (Lipinski definition) is 2. The second-order valence-corrected chi connectivity index (χ2v) is 5.87. The van der Waals surface area contributed by atoms with Crippen LogP contribution in [-0.2, 0) is 5.54 Å². The Bertz CT molecular complexity index is 653. The number of H-pyrrole nitrogens is 1. The van der Waals surface area contributed by atoms with Gasteiger partial charge in [0.15, 0.2) is 0 Å². The Balaban J connectivity index is 2.34. The van der Waals surface area contributed by atoms with Crippen LogP contribution in [0.2, 0.25) is 0 Å². The molecule has 0 spiro atoms. The van der Waals surface area contributed by atoms with E-state index in [2.05, 4.69) is 37.9 Å². The first-order valence-electron chi connectivity index (χ1n) is 6.84. The molecule has 2 aliphatic carbocycles. The fraction of sp³-hybridized carbons (Fsp3) is 0.438. The van der Waals surface area contributed by atoms with Crippen LogP contribution in [0.25, 0.3) is 0 Å². The van der Waals surface area contributed by atoms with Gasteiger partial charge in [0, 0.05) is 23.6 Å². The summed E-state index contributed by atoms with van der Waals surface area (Å²) in [4.78, 5) is 14.6. The van der Waals surface area contributed by atoms with Crippen LogP contribution in [-0.4, -0.2) is 4.98 Å². The Hall–Kier alpha value is -1.61. The van der Waals surface area contributed by atoms with Crippen molar-refractivity contribution in [2.45, 2.75) is 38.6 Å². The molecule has 3 N–H and O–H groups in total. The van der Waals surface area contributed by atoms with E-state index >= 15 is 0 Å². The van der Waals surface area contributed by atoms with Gasteiger partial charge in [-0.25, -0.2) is 0 Å². The summed E-state index contributed by atoms with van der Waals surface area (Å²) in [7, 11) is 0. The molecule has 2 bridgehead atoms. The largest absolute Gasteiger partial charge is 0.326 e. The molecule has 0 fully saturated rings. The van der Waals surface area contributed by atoms with Gasteiger partial charge in [-0.3, -0.25) is 4.79 Å². The monoisotopic (exact) mass is 256 g/mol. The lowest BCUT2D eigenvalue weighted by Gasteiger charge is -2.48. The van der Waals surface area contributed by atoms with Crippen LogP contribution in [0.5, 0.6) is 0 Å². The maximum Gasteiger partial charge on any atom is 0.248 e. The van der Waals surface area contributed by atoms with Crippen molar-refractivity contribution in [1.29, 1.82) is 0 Å². The standard InChI is InChI=1S/C16H20N2O/c1-4-12-11-7-9(2)8-16(12,17)13-5-6-14(19)18-15(13)10(11)3/h4-7,10-11H,8,17H2,1-3H3,(H,18,19). The Morgan fingerprint density at radius 3 is 2.89 bits per heavy atom. The van der Waals surface area contributed by atoms with Gasteiger partial charge in [0.05, 0.1) is 5.54 Å². The highest BCUT2D eigenvalue weighted by atomic mass is 16.1. The predicted molar refractivity (Wildman–Crippen MR) is 77.0 cm³/mol. The van der Waals surface area contributed by atoms with Gasteiger partial charge in [0.1, 0.15) is 0 Å². The SMILES string of the molecule is CC=C1C2C=C(C)CC1(N)c1ccc(=O)[nH]c1C2C. The zero-order valence-electron chi connectivity index (χ0n) is 11.7. The fourth-order valence-electron chi connectivity index (χ4n) is 3.83. The number of aromatic amines is 1. The number of fused-ring (bicyclic) bond motifs is 4. The molecule has 1 aromatic rings. The molecule has 3 unspecified atom stereocenters. The lowest BCUT2D eigenvalue weighted by molar-refractivity contribution is 0.376. The summed E-state index contributed by atoms with van der Waals surface area (Å²) < 4.78 is 0. The van der Waals surface area contributed by atoms with Crippen molar-refractivity contribution in [2.24, 2.45) is 11.7 Å². The molecule has 0 radical (unpaired) electrons. The highest BCUT2D eigenvalue weighted by Crippen LogP contribution is 2.52. The van der Waals surface area contributed by atoms with Gasteiger partial charge in [0.25, 0.3) is 0 Å². The lowest BCUT2D eigenvalue weighted by Crippen LogP contribution is -2.49. The minimum Gasteiger partial charge on any atom is -0.326 e. The van der Waals surface area contributed by atoms with E-state index in [9.17, 15) is 4.79 Å². The van der Waals surface area contributed by atoms with Crippen LogP contribution in [0.4, 0.5) is 0 Å². The molecule has 2 aliphatic rings. The molecular formula is C16H20N2O. The molecule has 3 nitrogen and oxygen atoms in total. The number of rotatable bonds is 0. The van der Waals surface area contributed by atoms with Gasteiger partial charge < -0.3 is 10.7 Å². The molecule has 0 aromatic carbocycles. The summed E-state index contributed by atoms with van der Waals surface area (Å²) in [5.74, 6) is 0.566. The van der Waals surface area contributed by atoms with Crippen molar-refractivity contribution in [3.63, 3.8) is 0 Å². The normalized spacial score (nSPS) is 34.9. The third-order valence-electron chi connectivity index (χ3n) is 4.63. The van der Waals surface area contributed by atoms with Gasteiger partial charge in [0.2, 0.25) is 5.56 Å². The van der Waals surface area contributed by atoms with Crippen LogP contribution < -0.4 is 11.3 Å². The molecule has 0 aliphatic heterocycles. The first-order chi connectivity index (χ1) is 8.97. The Morgan fingerprint density at radius 1 is 1.47 bits per heavy atom. The summed E-state index contributed by atoms with van der Waals surface area (Å²) >= 11 is 0. The summed E-state index contributed by atoms with van der Waals surface area (Å²) in [5, 5.41) is 0. The van der Waals surface area contributed by atoms with Crippen LogP contribution in [0.15, 0.2) is 40.2 Å². The molecular weight excluding hydrogens is 236 g/mol. The lowest BCUT2D eigenvalue weighted by atomic mass is 9.60. The van der Waals surface area contributed by atoms with Crippen molar-refractivity contribution in [3.05, 3.63) is 57.0 Å². The summed E-state index contributed by atoms with van der Waals surface area (Å²) in [6.45, 7) is 6.36. The van der Waals surface area contributed by atoms with Crippen molar-refractivity contribution in [1.82, 2.24) is 4.98 Å². The average molecular weight is 256 g/mol. The van der Waals surface area contributed by atoms with E-state index in [1.807, 2.05) is 6.07 Å². The third kappa shape index (κ3) is 1.58. The molecule has 3 rings (SSSR count). The summed E-state index contributed by atoms with van der Waals surface area (Å²) in [6.07, 6.45) is 5.28. The molecule has 0 saturated carbocycles. The molecule has 3 heteroatoms. The molecule has 19 heavy (non-hydrogen) atoms. The number of hydrogen-bond donors (Lipinski definition) is 2. The molecule has 0 amide bonds. The first-order valence-corrected chi connectivity index (χ1v) is 6.84. The first kappa shape index (κ1) is 12.4. The van der Waals surface area contributed by atoms with Gasteiger partial charge >= 0.3 is 0 Å². The zero-order valence-corrected chi connectivity index (χ0v) is 11.7. The molecule has 3 atom stereocenters. The predicted octanol–water partition coefficient (Wildman–Crippen LogP) is 2.56. The highest BCUT2D eigenvalue weighted by molar-refractivity contribution is 5.50. The minimum atomic E-state index is -0.454. The van der Waals surface area contributed by atoms with Crippen LogP contribution in [0.3, 0.4) is 0 Å². The number of nitrogens with one attached hydrogen (secondary N) is 1. The maximum atomic E-state index is 11.6. The Labute approximate surface area is 113 Å². The number of aromatic nitrogens is 1. The third-order valence-corrected chi connectivity index (χ3v) is 4.63. The molecule has 100 valence electrons. The highest BCUT2D eigenvalue weighted by Gasteiger charge is 2.46. The Kier molecular flexibility index (Phi) is 2.58. The number of nitrogens with two attached hydrogens (primary N) is 1. The number of allylic oxidation sites excluding steroid dienone is 2. The second-order valence-electron chi connectivity index (χ2n) is 5.87. The van der Waals surface area contributed by atoms with Gasteiger partial charge in [-0.1, -0.05) is 24.6 Å². The summed E-state index contributed by atoms with van der Waals surface area (Å²) in [6, 6.07) is 3.49. The smallest absolute Gasteiger partial charge is 0.248 e.